The molecule has 0 bridgehead atoms. The Morgan fingerprint density at radius 3 is 2.41 bits per heavy atom. The molecule has 1 aromatic heterocycles. The van der Waals surface area contributed by atoms with E-state index in [2.05, 4.69) is 10.1 Å². The molecule has 5 nitrogen and oxygen atoms in total. The largest absolute Gasteiger partial charge is 0.453 e. The van der Waals surface area contributed by atoms with Gasteiger partial charge in [0.2, 0.25) is 0 Å². The van der Waals surface area contributed by atoms with E-state index in [-0.39, 0.29) is 15.6 Å². The molecule has 1 aromatic carbocycles. The summed E-state index contributed by atoms with van der Waals surface area (Å²) in [7, 11) is 1.25. The second-order valence-corrected chi connectivity index (χ2v) is 7.15. The van der Waals surface area contributed by atoms with Crippen LogP contribution in [0.1, 0.15) is 18.3 Å². The quantitative estimate of drug-likeness (QED) is 0.773. The van der Waals surface area contributed by atoms with Crippen molar-refractivity contribution in [1.29, 1.82) is 0 Å². The zero-order chi connectivity index (χ0) is 16.7. The molecule has 11 heteroatoms. The van der Waals surface area contributed by atoms with Crippen LogP contribution in [0.5, 0.6) is 0 Å². The standard InChI is InChI=1S/C11H8Cl2F3N3O2S/c1-2-6-3-7(12)8(4-9(6)22(13,20)21)19-5-17-10(18-19)11(14,15)16/h3-5H,2H2,1H3. The number of aromatic nitrogens is 3. The fourth-order valence-corrected chi connectivity index (χ4v) is 3.24. The van der Waals surface area contributed by atoms with Crippen molar-refractivity contribution in [2.24, 2.45) is 0 Å². The van der Waals surface area contributed by atoms with Gasteiger partial charge in [0.05, 0.1) is 15.6 Å². The molecule has 120 valence electrons. The maximum Gasteiger partial charge on any atom is 0.453 e. The van der Waals surface area contributed by atoms with Gasteiger partial charge in [-0.3, -0.25) is 0 Å². The molecule has 0 unspecified atom stereocenters. The highest BCUT2D eigenvalue weighted by atomic mass is 35.7. The van der Waals surface area contributed by atoms with Gasteiger partial charge in [0.15, 0.2) is 0 Å². The first-order chi connectivity index (χ1) is 10.0. The molecular weight excluding hydrogens is 366 g/mol. The number of hydrogen-bond donors (Lipinski definition) is 0. The van der Waals surface area contributed by atoms with Crippen molar-refractivity contribution in [2.45, 2.75) is 24.4 Å². The third-order valence-electron chi connectivity index (χ3n) is 2.77. The van der Waals surface area contributed by atoms with Gasteiger partial charge in [-0.15, -0.1) is 5.10 Å². The predicted molar refractivity (Wildman–Crippen MR) is 73.8 cm³/mol. The topological polar surface area (TPSA) is 64.8 Å². The minimum atomic E-state index is -4.72. The minimum Gasteiger partial charge on any atom is -0.219 e. The summed E-state index contributed by atoms with van der Waals surface area (Å²) in [6, 6.07) is 2.39. The van der Waals surface area contributed by atoms with Crippen LogP contribution in [0.15, 0.2) is 23.4 Å². The highest BCUT2D eigenvalue weighted by Crippen LogP contribution is 2.31. The number of benzene rings is 1. The van der Waals surface area contributed by atoms with Crippen molar-refractivity contribution >= 4 is 31.3 Å². The first-order valence-electron chi connectivity index (χ1n) is 5.80. The Morgan fingerprint density at radius 1 is 1.32 bits per heavy atom. The van der Waals surface area contributed by atoms with Crippen LogP contribution in [0.25, 0.3) is 5.69 Å². The van der Waals surface area contributed by atoms with E-state index in [1.54, 1.807) is 6.92 Å². The molecule has 0 fully saturated rings. The van der Waals surface area contributed by atoms with Crippen molar-refractivity contribution in [3.63, 3.8) is 0 Å². The second-order valence-electron chi connectivity index (χ2n) is 4.21. The normalized spacial score (nSPS) is 12.6. The summed E-state index contributed by atoms with van der Waals surface area (Å²) in [5.74, 6) is -1.36. The Balaban J connectivity index is 2.64. The molecule has 2 rings (SSSR count). The smallest absolute Gasteiger partial charge is 0.219 e. The minimum absolute atomic E-state index is 0.0274. The van der Waals surface area contributed by atoms with Gasteiger partial charge in [-0.25, -0.2) is 18.1 Å². The van der Waals surface area contributed by atoms with Crippen LogP contribution in [0.4, 0.5) is 13.2 Å². The fourth-order valence-electron chi connectivity index (χ4n) is 1.77. The van der Waals surface area contributed by atoms with Crippen LogP contribution in [-0.4, -0.2) is 23.2 Å². The average molecular weight is 374 g/mol. The van der Waals surface area contributed by atoms with E-state index in [9.17, 15) is 21.6 Å². The molecular formula is C11H8Cl2F3N3O2S. The maximum absolute atomic E-state index is 12.5. The number of halogens is 5. The van der Waals surface area contributed by atoms with Gasteiger partial charge in [0.25, 0.3) is 14.9 Å². The van der Waals surface area contributed by atoms with E-state index in [1.165, 1.54) is 6.07 Å². The van der Waals surface area contributed by atoms with Crippen molar-refractivity contribution in [3.05, 3.63) is 34.9 Å². The third kappa shape index (κ3) is 3.36. The van der Waals surface area contributed by atoms with Gasteiger partial charge in [-0.05, 0) is 24.1 Å². The zero-order valence-electron chi connectivity index (χ0n) is 10.9. The summed E-state index contributed by atoms with van der Waals surface area (Å²) in [6.45, 7) is 1.69. The number of aryl methyl sites for hydroxylation is 1. The summed E-state index contributed by atoms with van der Waals surface area (Å²) in [4.78, 5) is 2.89. The molecule has 2 aromatic rings. The van der Waals surface area contributed by atoms with Crippen molar-refractivity contribution in [3.8, 4) is 5.69 Å². The van der Waals surface area contributed by atoms with Gasteiger partial charge in [0.1, 0.15) is 6.33 Å². The lowest BCUT2D eigenvalue weighted by molar-refractivity contribution is -0.144. The summed E-state index contributed by atoms with van der Waals surface area (Å²) in [6.07, 6.45) is -3.60. The monoisotopic (exact) mass is 373 g/mol. The number of rotatable bonds is 3. The van der Waals surface area contributed by atoms with Gasteiger partial charge >= 0.3 is 6.18 Å². The summed E-state index contributed by atoms with van der Waals surface area (Å²) >= 11 is 5.98. The molecule has 0 radical (unpaired) electrons. The molecule has 0 atom stereocenters. The fraction of sp³-hybridized carbons (Fsp3) is 0.273. The lowest BCUT2D eigenvalue weighted by Crippen LogP contribution is -2.09. The molecule has 0 saturated heterocycles. The van der Waals surface area contributed by atoms with E-state index in [4.69, 9.17) is 22.3 Å². The van der Waals surface area contributed by atoms with E-state index in [1.807, 2.05) is 0 Å². The molecule has 0 aliphatic carbocycles. The first-order valence-corrected chi connectivity index (χ1v) is 8.49. The van der Waals surface area contributed by atoms with Crippen LogP contribution in [0.3, 0.4) is 0 Å². The van der Waals surface area contributed by atoms with E-state index >= 15 is 0 Å². The highest BCUT2D eigenvalue weighted by molar-refractivity contribution is 8.13. The number of hydrogen-bond acceptors (Lipinski definition) is 4. The molecule has 0 spiro atoms. The lowest BCUT2D eigenvalue weighted by atomic mass is 10.1. The molecule has 0 amide bonds. The Labute approximate surface area is 133 Å². The SMILES string of the molecule is CCc1cc(Cl)c(-n2cnc(C(F)(F)F)n2)cc1S(=O)(=O)Cl. The Hall–Kier alpha value is -1.32. The molecule has 22 heavy (non-hydrogen) atoms. The van der Waals surface area contributed by atoms with E-state index < -0.39 is 21.1 Å². The highest BCUT2D eigenvalue weighted by Gasteiger charge is 2.36. The van der Waals surface area contributed by atoms with Crippen LogP contribution in [-0.2, 0) is 21.6 Å². The first kappa shape index (κ1) is 17.0. The van der Waals surface area contributed by atoms with Gasteiger partial charge in [-0.1, -0.05) is 18.5 Å². The number of nitrogens with zero attached hydrogens (tertiary/aromatic N) is 3. The maximum atomic E-state index is 12.5. The van der Waals surface area contributed by atoms with Crippen molar-refractivity contribution in [2.75, 3.05) is 0 Å². The molecule has 0 aliphatic rings. The average Bonchev–Trinajstić information content (AvgIpc) is 2.86. The summed E-state index contributed by atoms with van der Waals surface area (Å²) in [5, 5.41) is 3.28. The van der Waals surface area contributed by atoms with Gasteiger partial charge < -0.3 is 0 Å². The van der Waals surface area contributed by atoms with Crippen molar-refractivity contribution < 1.29 is 21.6 Å². The van der Waals surface area contributed by atoms with Crippen LogP contribution in [0.2, 0.25) is 5.02 Å². The molecule has 0 N–H and O–H groups in total. The molecule has 1 heterocycles. The van der Waals surface area contributed by atoms with Crippen molar-refractivity contribution in [1.82, 2.24) is 14.8 Å². The number of alkyl halides is 3. The lowest BCUT2D eigenvalue weighted by Gasteiger charge is -2.10. The molecule has 0 aliphatic heterocycles. The van der Waals surface area contributed by atoms with Crippen LogP contribution < -0.4 is 0 Å². The van der Waals surface area contributed by atoms with E-state index in [0.717, 1.165) is 17.1 Å². The molecule has 0 saturated carbocycles. The third-order valence-corrected chi connectivity index (χ3v) is 4.47. The zero-order valence-corrected chi connectivity index (χ0v) is 13.2. The van der Waals surface area contributed by atoms with Crippen LogP contribution >= 0.6 is 22.3 Å². The van der Waals surface area contributed by atoms with E-state index in [0.29, 0.717) is 12.0 Å². The summed E-state index contributed by atoms with van der Waals surface area (Å²) < 4.78 is 61.4. The van der Waals surface area contributed by atoms with Gasteiger partial charge in [0, 0.05) is 10.7 Å². The predicted octanol–water partition coefficient (Wildman–Crippen LogP) is 3.43. The second kappa shape index (κ2) is 5.71. The summed E-state index contributed by atoms with van der Waals surface area (Å²) in [5.41, 5.74) is 0.279. The van der Waals surface area contributed by atoms with Crippen LogP contribution in [0, 0.1) is 0 Å². The Bertz CT molecular complexity index is 818. The Kier molecular flexibility index (Phi) is 4.42. The Morgan fingerprint density at radius 2 is 1.95 bits per heavy atom. The van der Waals surface area contributed by atoms with Gasteiger partial charge in [-0.2, -0.15) is 13.2 Å².